The van der Waals surface area contributed by atoms with Gasteiger partial charge in [0.15, 0.2) is 0 Å². The van der Waals surface area contributed by atoms with E-state index in [0.29, 0.717) is 11.6 Å². The van der Waals surface area contributed by atoms with Crippen molar-refractivity contribution in [1.29, 1.82) is 0 Å². The van der Waals surface area contributed by atoms with Crippen LogP contribution in [0.3, 0.4) is 0 Å². The number of benzene rings is 1. The zero-order chi connectivity index (χ0) is 13.1. The molecule has 0 heterocycles. The molecule has 1 aliphatic carbocycles. The van der Waals surface area contributed by atoms with Crippen molar-refractivity contribution in [3.63, 3.8) is 0 Å². The van der Waals surface area contributed by atoms with Crippen LogP contribution in [0.4, 0.5) is 10.1 Å². The summed E-state index contributed by atoms with van der Waals surface area (Å²) < 4.78 is 13.7. The first-order valence-electron chi connectivity index (χ1n) is 6.83. The number of rotatable bonds is 3. The summed E-state index contributed by atoms with van der Waals surface area (Å²) in [5.41, 5.74) is 7.03. The van der Waals surface area contributed by atoms with Gasteiger partial charge in [0.05, 0.1) is 0 Å². The Hall–Kier alpha value is -1.09. The molecule has 2 nitrogen and oxygen atoms in total. The Morgan fingerprint density at radius 2 is 2.17 bits per heavy atom. The molecular formula is C15H23FN2. The van der Waals surface area contributed by atoms with Gasteiger partial charge < -0.3 is 10.6 Å². The number of nitrogens with zero attached hydrogens (tertiary/aromatic N) is 1. The lowest BCUT2D eigenvalue weighted by Gasteiger charge is -2.35. The molecule has 0 aliphatic heterocycles. The van der Waals surface area contributed by atoms with E-state index in [0.717, 1.165) is 11.6 Å². The van der Waals surface area contributed by atoms with E-state index in [4.69, 9.17) is 5.73 Å². The Bertz CT molecular complexity index is 405. The second-order valence-corrected chi connectivity index (χ2v) is 5.52. The number of hydrogen-bond acceptors (Lipinski definition) is 2. The van der Waals surface area contributed by atoms with Gasteiger partial charge in [-0.15, -0.1) is 0 Å². The van der Waals surface area contributed by atoms with Crippen LogP contribution in [-0.4, -0.2) is 13.1 Å². The van der Waals surface area contributed by atoms with Crippen molar-refractivity contribution < 1.29 is 4.39 Å². The van der Waals surface area contributed by atoms with Gasteiger partial charge in [0.25, 0.3) is 0 Å². The zero-order valence-electron chi connectivity index (χ0n) is 11.3. The number of nitrogens with two attached hydrogens (primary N) is 1. The Balaban J connectivity index is 2.12. The normalized spacial score (nSPS) is 24.0. The van der Waals surface area contributed by atoms with Gasteiger partial charge >= 0.3 is 0 Å². The second-order valence-electron chi connectivity index (χ2n) is 5.52. The van der Waals surface area contributed by atoms with Crippen LogP contribution >= 0.6 is 0 Å². The molecule has 1 fully saturated rings. The maximum Gasteiger partial charge on any atom is 0.129 e. The molecule has 2 N–H and O–H groups in total. The molecule has 1 aromatic carbocycles. The summed E-state index contributed by atoms with van der Waals surface area (Å²) in [5, 5.41) is 0. The highest BCUT2D eigenvalue weighted by Crippen LogP contribution is 2.30. The van der Waals surface area contributed by atoms with Gasteiger partial charge in [-0.25, -0.2) is 4.39 Å². The highest BCUT2D eigenvalue weighted by Gasteiger charge is 2.22. The fraction of sp³-hybridized carbons (Fsp3) is 0.600. The Kier molecular flexibility index (Phi) is 4.23. The van der Waals surface area contributed by atoms with Gasteiger partial charge in [0.2, 0.25) is 0 Å². The monoisotopic (exact) mass is 250 g/mol. The average Bonchev–Trinajstić information content (AvgIpc) is 2.37. The highest BCUT2D eigenvalue weighted by atomic mass is 19.1. The van der Waals surface area contributed by atoms with Crippen LogP contribution in [0.5, 0.6) is 0 Å². The van der Waals surface area contributed by atoms with Gasteiger partial charge in [-0.2, -0.15) is 0 Å². The van der Waals surface area contributed by atoms with Crippen molar-refractivity contribution in [2.24, 2.45) is 11.7 Å². The van der Waals surface area contributed by atoms with Gasteiger partial charge in [0.1, 0.15) is 5.82 Å². The topological polar surface area (TPSA) is 29.3 Å². The molecular weight excluding hydrogens is 227 g/mol. The van der Waals surface area contributed by atoms with Crippen molar-refractivity contribution in [1.82, 2.24) is 0 Å². The molecule has 0 spiro atoms. The molecule has 1 saturated carbocycles. The lowest BCUT2D eigenvalue weighted by atomic mass is 9.86. The summed E-state index contributed by atoms with van der Waals surface area (Å²) in [4.78, 5) is 2.22. The minimum atomic E-state index is -0.189. The SMILES string of the molecule is CC1CCCC(N(C)c2ccc(CN)c(F)c2)C1. The number of anilines is 1. The molecule has 100 valence electrons. The van der Waals surface area contributed by atoms with Gasteiger partial charge in [-0.3, -0.25) is 0 Å². The molecule has 1 aromatic rings. The quantitative estimate of drug-likeness (QED) is 0.892. The zero-order valence-corrected chi connectivity index (χ0v) is 11.3. The lowest BCUT2D eigenvalue weighted by molar-refractivity contribution is 0.336. The summed E-state index contributed by atoms with van der Waals surface area (Å²) in [6.07, 6.45) is 5.02. The maximum absolute atomic E-state index is 13.7. The van der Waals surface area contributed by atoms with Crippen molar-refractivity contribution in [2.75, 3.05) is 11.9 Å². The van der Waals surface area contributed by atoms with Crippen LogP contribution in [-0.2, 0) is 6.54 Å². The Morgan fingerprint density at radius 3 is 2.78 bits per heavy atom. The van der Waals surface area contributed by atoms with E-state index in [1.165, 1.54) is 25.7 Å². The lowest BCUT2D eigenvalue weighted by Crippen LogP contribution is -2.35. The predicted molar refractivity (Wildman–Crippen MR) is 74.1 cm³/mol. The first-order valence-corrected chi connectivity index (χ1v) is 6.83. The van der Waals surface area contributed by atoms with Crippen LogP contribution in [0, 0.1) is 11.7 Å². The summed E-state index contributed by atoms with van der Waals surface area (Å²) in [7, 11) is 2.07. The van der Waals surface area contributed by atoms with Crippen molar-refractivity contribution in [3.8, 4) is 0 Å². The molecule has 2 atom stereocenters. The summed E-state index contributed by atoms with van der Waals surface area (Å²) in [6.45, 7) is 2.56. The fourth-order valence-electron chi connectivity index (χ4n) is 2.89. The third kappa shape index (κ3) is 2.83. The van der Waals surface area contributed by atoms with Gasteiger partial charge in [-0.1, -0.05) is 25.8 Å². The van der Waals surface area contributed by atoms with Crippen molar-refractivity contribution in [2.45, 2.75) is 45.2 Å². The molecule has 18 heavy (non-hydrogen) atoms. The predicted octanol–water partition coefficient (Wildman–Crippen LogP) is 3.30. The smallest absolute Gasteiger partial charge is 0.129 e. The van der Waals surface area contributed by atoms with E-state index in [-0.39, 0.29) is 12.4 Å². The van der Waals surface area contributed by atoms with Crippen LogP contribution in [0.15, 0.2) is 18.2 Å². The minimum absolute atomic E-state index is 0.189. The molecule has 0 radical (unpaired) electrons. The molecule has 2 rings (SSSR count). The second kappa shape index (κ2) is 5.70. The van der Waals surface area contributed by atoms with Crippen LogP contribution in [0.25, 0.3) is 0 Å². The number of halogens is 1. The Labute approximate surface area is 109 Å². The van der Waals surface area contributed by atoms with E-state index in [1.807, 2.05) is 6.07 Å². The molecule has 3 heteroatoms. The van der Waals surface area contributed by atoms with E-state index in [1.54, 1.807) is 12.1 Å². The van der Waals surface area contributed by atoms with Crippen LogP contribution < -0.4 is 10.6 Å². The van der Waals surface area contributed by atoms with Crippen molar-refractivity contribution >= 4 is 5.69 Å². The first kappa shape index (κ1) is 13.3. The van der Waals surface area contributed by atoms with Gasteiger partial charge in [-0.05, 0) is 30.9 Å². The summed E-state index contributed by atoms with van der Waals surface area (Å²) >= 11 is 0. The summed E-state index contributed by atoms with van der Waals surface area (Å²) in [6, 6.07) is 5.93. The largest absolute Gasteiger partial charge is 0.372 e. The molecule has 0 amide bonds. The van der Waals surface area contributed by atoms with E-state index >= 15 is 0 Å². The van der Waals surface area contributed by atoms with Crippen molar-refractivity contribution in [3.05, 3.63) is 29.6 Å². The minimum Gasteiger partial charge on any atom is -0.372 e. The van der Waals surface area contributed by atoms with Gasteiger partial charge in [0, 0.05) is 30.9 Å². The first-order chi connectivity index (χ1) is 8.61. The standard InChI is InChI=1S/C15H23FN2/c1-11-4-3-5-13(8-11)18(2)14-7-6-12(10-17)15(16)9-14/h6-7,9,11,13H,3-5,8,10,17H2,1-2H3. The Morgan fingerprint density at radius 1 is 1.39 bits per heavy atom. The molecule has 0 aromatic heterocycles. The molecule has 2 unspecified atom stereocenters. The molecule has 0 bridgehead atoms. The van der Waals surface area contributed by atoms with E-state index in [2.05, 4.69) is 18.9 Å². The molecule has 1 aliphatic rings. The van der Waals surface area contributed by atoms with E-state index in [9.17, 15) is 4.39 Å². The number of hydrogen-bond donors (Lipinski definition) is 1. The van der Waals surface area contributed by atoms with E-state index < -0.39 is 0 Å². The third-order valence-electron chi connectivity index (χ3n) is 4.12. The van der Waals surface area contributed by atoms with Crippen LogP contribution in [0.2, 0.25) is 0 Å². The summed E-state index contributed by atoms with van der Waals surface area (Å²) in [5.74, 6) is 0.588. The maximum atomic E-state index is 13.7. The average molecular weight is 250 g/mol. The molecule has 0 saturated heterocycles. The third-order valence-corrected chi connectivity index (χ3v) is 4.12. The van der Waals surface area contributed by atoms with Crippen LogP contribution in [0.1, 0.15) is 38.2 Å². The fourth-order valence-corrected chi connectivity index (χ4v) is 2.89. The highest BCUT2D eigenvalue weighted by molar-refractivity contribution is 5.48.